The zero-order valence-corrected chi connectivity index (χ0v) is 15.6. The molecule has 0 atom stereocenters. The Balaban J connectivity index is 1.82. The number of nitrogens with zero attached hydrogens (tertiary/aromatic N) is 1. The largest absolute Gasteiger partial charge is 0.497 e. The van der Waals surface area contributed by atoms with Gasteiger partial charge in [0.2, 0.25) is 5.88 Å². The van der Waals surface area contributed by atoms with Crippen LogP contribution in [0.4, 0.5) is 0 Å². The summed E-state index contributed by atoms with van der Waals surface area (Å²) in [6.45, 7) is 0. The lowest BCUT2D eigenvalue weighted by atomic mass is 10.1. The van der Waals surface area contributed by atoms with E-state index in [4.69, 9.17) is 14.2 Å². The number of carbonyl (C=O) groups is 1. The number of pyridine rings is 1. The van der Waals surface area contributed by atoms with E-state index in [2.05, 4.69) is 17.1 Å². The molecule has 0 amide bonds. The summed E-state index contributed by atoms with van der Waals surface area (Å²) in [5, 5.41) is 0.861. The third-order valence-corrected chi connectivity index (χ3v) is 4.98. The Kier molecular flexibility index (Phi) is 5.63. The number of rotatable bonds is 6. The number of hydrogen-bond acceptors (Lipinski definition) is 6. The summed E-state index contributed by atoms with van der Waals surface area (Å²) in [6, 6.07) is 15.7. The van der Waals surface area contributed by atoms with Gasteiger partial charge >= 0.3 is 5.97 Å². The lowest BCUT2D eigenvalue weighted by Gasteiger charge is -2.09. The van der Waals surface area contributed by atoms with Crippen molar-refractivity contribution >= 4 is 28.6 Å². The molecule has 134 valence electrons. The molecule has 5 nitrogen and oxygen atoms in total. The fourth-order valence-electron chi connectivity index (χ4n) is 2.52. The summed E-state index contributed by atoms with van der Waals surface area (Å²) >= 11 is 1.72. The maximum absolute atomic E-state index is 11.9. The topological polar surface area (TPSA) is 57.7 Å². The second kappa shape index (κ2) is 8.10. The first kappa shape index (κ1) is 18.1. The first-order valence-corrected chi connectivity index (χ1v) is 8.96. The highest BCUT2D eigenvalue weighted by Gasteiger charge is 2.15. The third-order valence-electron chi connectivity index (χ3n) is 3.92. The van der Waals surface area contributed by atoms with E-state index in [1.54, 1.807) is 24.9 Å². The minimum atomic E-state index is -0.464. The predicted octanol–water partition coefficient (Wildman–Crippen LogP) is 4.33. The molecule has 1 aromatic heterocycles. The average molecular weight is 369 g/mol. The number of esters is 1. The normalized spacial score (nSPS) is 10.6. The van der Waals surface area contributed by atoms with Crippen LogP contribution < -0.4 is 9.47 Å². The van der Waals surface area contributed by atoms with Gasteiger partial charge in [0.05, 0.1) is 26.8 Å². The number of thioether (sulfide) groups is 1. The number of methoxy groups -OCH3 is 3. The summed E-state index contributed by atoms with van der Waals surface area (Å²) in [4.78, 5) is 17.4. The van der Waals surface area contributed by atoms with Crippen molar-refractivity contribution in [3.63, 3.8) is 0 Å². The van der Waals surface area contributed by atoms with Crippen LogP contribution in [-0.2, 0) is 10.5 Å². The van der Waals surface area contributed by atoms with Crippen LogP contribution in [0.3, 0.4) is 0 Å². The molecule has 0 unspecified atom stereocenters. The van der Waals surface area contributed by atoms with Crippen molar-refractivity contribution in [1.82, 2.24) is 4.98 Å². The Hall–Kier alpha value is -2.73. The lowest BCUT2D eigenvalue weighted by molar-refractivity contribution is 0.0596. The first-order chi connectivity index (χ1) is 12.6. The van der Waals surface area contributed by atoms with E-state index in [1.165, 1.54) is 19.8 Å². The van der Waals surface area contributed by atoms with E-state index >= 15 is 0 Å². The van der Waals surface area contributed by atoms with E-state index in [0.29, 0.717) is 5.56 Å². The summed E-state index contributed by atoms with van der Waals surface area (Å²) in [5.74, 6) is 1.49. The van der Waals surface area contributed by atoms with Gasteiger partial charge in [-0.3, -0.25) is 0 Å². The van der Waals surface area contributed by atoms with E-state index < -0.39 is 5.97 Å². The van der Waals surface area contributed by atoms with E-state index in [9.17, 15) is 4.79 Å². The molecule has 1 heterocycles. The molecule has 0 fully saturated rings. The predicted molar refractivity (Wildman–Crippen MR) is 102 cm³/mol. The molecule has 0 aliphatic heterocycles. The van der Waals surface area contributed by atoms with Crippen molar-refractivity contribution in [3.8, 4) is 11.6 Å². The Morgan fingerprint density at radius 1 is 1.00 bits per heavy atom. The Bertz CT molecular complexity index is 925. The molecule has 0 aliphatic carbocycles. The summed E-state index contributed by atoms with van der Waals surface area (Å²) < 4.78 is 15.2. The summed E-state index contributed by atoms with van der Waals surface area (Å²) in [5.41, 5.74) is 2.30. The van der Waals surface area contributed by atoms with Gasteiger partial charge in [0.15, 0.2) is 0 Å². The van der Waals surface area contributed by atoms with Gasteiger partial charge in [-0.15, -0.1) is 11.8 Å². The molecule has 0 N–H and O–H groups in total. The molecule has 0 saturated heterocycles. The molecule has 2 aromatic carbocycles. The zero-order chi connectivity index (χ0) is 18.5. The lowest BCUT2D eigenvalue weighted by Crippen LogP contribution is -2.05. The average Bonchev–Trinajstić information content (AvgIpc) is 2.70. The highest BCUT2D eigenvalue weighted by molar-refractivity contribution is 7.98. The van der Waals surface area contributed by atoms with Crippen LogP contribution in [-0.4, -0.2) is 32.3 Å². The monoisotopic (exact) mass is 369 g/mol. The summed E-state index contributed by atoms with van der Waals surface area (Å²) in [7, 11) is 4.49. The van der Waals surface area contributed by atoms with E-state index in [-0.39, 0.29) is 5.88 Å². The Morgan fingerprint density at radius 3 is 2.42 bits per heavy atom. The SMILES string of the molecule is COC(=O)c1cc2ccc(SCc3ccc(OC)cc3)cc2nc1OC. The van der Waals surface area contributed by atoms with E-state index in [0.717, 1.165) is 27.3 Å². The molecule has 0 bridgehead atoms. The van der Waals surface area contributed by atoms with Gasteiger partial charge in [-0.2, -0.15) is 0 Å². The van der Waals surface area contributed by atoms with Crippen LogP contribution in [0.15, 0.2) is 53.4 Å². The van der Waals surface area contributed by atoms with Gasteiger partial charge in [0, 0.05) is 16.0 Å². The number of carbonyl (C=O) groups excluding carboxylic acids is 1. The molecular formula is C20H19NO4S. The molecule has 0 spiro atoms. The second-order valence-corrected chi connectivity index (χ2v) is 6.58. The minimum absolute atomic E-state index is 0.265. The van der Waals surface area contributed by atoms with E-state index in [1.807, 2.05) is 30.3 Å². The summed E-state index contributed by atoms with van der Waals surface area (Å²) in [6.07, 6.45) is 0. The molecule has 0 aliphatic rings. The fourth-order valence-corrected chi connectivity index (χ4v) is 3.40. The minimum Gasteiger partial charge on any atom is -0.497 e. The van der Waals surface area contributed by atoms with Gasteiger partial charge < -0.3 is 14.2 Å². The van der Waals surface area contributed by atoms with Crippen molar-refractivity contribution < 1.29 is 19.0 Å². The number of aromatic nitrogens is 1. The molecule has 3 rings (SSSR count). The molecule has 26 heavy (non-hydrogen) atoms. The van der Waals surface area contributed by atoms with Crippen LogP contribution in [0.5, 0.6) is 11.6 Å². The van der Waals surface area contributed by atoms with Crippen molar-refractivity contribution in [2.24, 2.45) is 0 Å². The van der Waals surface area contributed by atoms with Gasteiger partial charge in [-0.1, -0.05) is 18.2 Å². The maximum atomic E-state index is 11.9. The number of ether oxygens (including phenoxy) is 3. The fraction of sp³-hybridized carbons (Fsp3) is 0.200. The highest BCUT2D eigenvalue weighted by atomic mass is 32.2. The van der Waals surface area contributed by atoms with Crippen molar-refractivity contribution in [2.45, 2.75) is 10.6 Å². The van der Waals surface area contributed by atoms with Gasteiger partial charge in [-0.25, -0.2) is 9.78 Å². The van der Waals surface area contributed by atoms with Gasteiger partial charge in [-0.05, 0) is 35.9 Å². The standard InChI is InChI=1S/C20H19NO4S/c1-23-15-7-4-13(5-8-15)12-26-16-9-6-14-10-17(20(22)25-3)19(24-2)21-18(14)11-16/h4-11H,12H2,1-3H3. The maximum Gasteiger partial charge on any atom is 0.343 e. The molecule has 0 saturated carbocycles. The number of benzene rings is 2. The molecule has 6 heteroatoms. The first-order valence-electron chi connectivity index (χ1n) is 7.97. The van der Waals surface area contributed by atoms with Crippen LogP contribution in [0.1, 0.15) is 15.9 Å². The van der Waals surface area contributed by atoms with Crippen LogP contribution in [0.2, 0.25) is 0 Å². The van der Waals surface area contributed by atoms with Gasteiger partial charge in [0.25, 0.3) is 0 Å². The quantitative estimate of drug-likeness (QED) is 0.476. The highest BCUT2D eigenvalue weighted by Crippen LogP contribution is 2.29. The molecule has 3 aromatic rings. The van der Waals surface area contributed by atoms with Crippen molar-refractivity contribution in [1.29, 1.82) is 0 Å². The second-order valence-electron chi connectivity index (χ2n) is 5.53. The zero-order valence-electron chi connectivity index (χ0n) is 14.8. The van der Waals surface area contributed by atoms with Crippen molar-refractivity contribution in [3.05, 3.63) is 59.7 Å². The Labute approximate surface area is 156 Å². The Morgan fingerprint density at radius 2 is 1.77 bits per heavy atom. The third kappa shape index (κ3) is 3.91. The molecule has 0 radical (unpaired) electrons. The number of hydrogen-bond donors (Lipinski definition) is 0. The molecular weight excluding hydrogens is 350 g/mol. The van der Waals surface area contributed by atoms with Crippen LogP contribution in [0.25, 0.3) is 10.9 Å². The van der Waals surface area contributed by atoms with Crippen LogP contribution in [0, 0.1) is 0 Å². The smallest absolute Gasteiger partial charge is 0.343 e. The van der Waals surface area contributed by atoms with Crippen molar-refractivity contribution in [2.75, 3.05) is 21.3 Å². The number of fused-ring (bicyclic) bond motifs is 1. The van der Waals surface area contributed by atoms with Crippen LogP contribution >= 0.6 is 11.8 Å². The van der Waals surface area contributed by atoms with Gasteiger partial charge in [0.1, 0.15) is 11.3 Å².